The van der Waals surface area contributed by atoms with Gasteiger partial charge in [0.1, 0.15) is 22.3 Å². The van der Waals surface area contributed by atoms with E-state index >= 15 is 0 Å². The summed E-state index contributed by atoms with van der Waals surface area (Å²) >= 11 is 0. The fourth-order valence-corrected chi connectivity index (χ4v) is 12.6. The van der Waals surface area contributed by atoms with Gasteiger partial charge in [-0.1, -0.05) is 149 Å². The maximum absolute atomic E-state index is 7.30. The first-order valence-corrected chi connectivity index (χ1v) is 24.5. The predicted molar refractivity (Wildman–Crippen MR) is 288 cm³/mol. The molecule has 14 rings (SSSR count). The van der Waals surface area contributed by atoms with Gasteiger partial charge >= 0.3 is 6.85 Å². The molecule has 8 aromatic carbocycles. The Morgan fingerprint density at radius 1 is 0.485 bits per heavy atom. The molecule has 3 aromatic heterocycles. The molecule has 332 valence electrons. The van der Waals surface area contributed by atoms with E-state index in [1.165, 1.54) is 99.6 Å². The van der Waals surface area contributed by atoms with Gasteiger partial charge in [0.25, 0.3) is 0 Å². The van der Waals surface area contributed by atoms with Crippen LogP contribution < -0.4 is 15.7 Å². The summed E-state index contributed by atoms with van der Waals surface area (Å²) in [6, 6.07) is 51.0. The molecule has 0 unspecified atom stereocenters. The third kappa shape index (κ3) is 5.12. The molecule has 0 bridgehead atoms. The third-order valence-electron chi connectivity index (χ3n) is 16.2. The van der Waals surface area contributed by atoms with Crippen LogP contribution in [0.1, 0.15) is 104 Å². The lowest BCUT2D eigenvalue weighted by Gasteiger charge is -2.42. The van der Waals surface area contributed by atoms with Crippen LogP contribution in [0, 0.1) is 0 Å². The van der Waals surface area contributed by atoms with Crippen molar-refractivity contribution in [3.8, 4) is 27.9 Å². The Hall–Kier alpha value is -6.98. The summed E-state index contributed by atoms with van der Waals surface area (Å²) in [5.74, 6) is 0. The van der Waals surface area contributed by atoms with Crippen molar-refractivity contribution in [2.24, 2.45) is 0 Å². The van der Waals surface area contributed by atoms with Crippen molar-refractivity contribution in [2.75, 3.05) is 4.81 Å². The zero-order chi connectivity index (χ0) is 46.7. The Morgan fingerprint density at radius 3 is 1.84 bits per heavy atom. The highest BCUT2D eigenvalue weighted by Crippen LogP contribution is 2.57. The molecular weight excluding hydrogens is 828 g/mol. The highest BCUT2D eigenvalue weighted by molar-refractivity contribution is 6.94. The molecule has 3 aliphatic rings. The predicted octanol–water partition coefficient (Wildman–Crippen LogP) is 16.0. The molecule has 0 saturated heterocycles. The average molecular weight is 883 g/mol. The van der Waals surface area contributed by atoms with Crippen molar-refractivity contribution in [1.29, 1.82) is 0 Å². The lowest BCUT2D eigenvalue weighted by atomic mass is 9.43. The molecule has 0 atom stereocenters. The monoisotopic (exact) mass is 882 g/mol. The van der Waals surface area contributed by atoms with Crippen molar-refractivity contribution in [2.45, 2.75) is 97.8 Å². The Bertz CT molecular complexity index is 4060. The van der Waals surface area contributed by atoms with Gasteiger partial charge in [-0.3, -0.25) is 0 Å². The summed E-state index contributed by atoms with van der Waals surface area (Å²) in [6.45, 7) is 25.5. The van der Waals surface area contributed by atoms with Crippen LogP contribution in [0.15, 0.2) is 142 Å². The van der Waals surface area contributed by atoms with Crippen LogP contribution in [0.2, 0.25) is 0 Å². The van der Waals surface area contributed by atoms with Crippen molar-refractivity contribution >= 4 is 94.8 Å². The highest BCUT2D eigenvalue weighted by Gasteiger charge is 2.48. The second-order valence-corrected chi connectivity index (χ2v) is 23.8. The minimum absolute atomic E-state index is 0.00422. The quantitative estimate of drug-likeness (QED) is 0.154. The van der Waals surface area contributed by atoms with Crippen LogP contribution in [0.3, 0.4) is 0 Å². The summed E-state index contributed by atoms with van der Waals surface area (Å²) in [5, 5.41) is 6.98. The summed E-state index contributed by atoms with van der Waals surface area (Å²) in [4.78, 5) is 2.68. The zero-order valence-corrected chi connectivity index (χ0v) is 41.0. The maximum Gasteiger partial charge on any atom is 0.333 e. The molecule has 0 N–H and O–H groups in total. The molecule has 0 fully saturated rings. The molecule has 0 amide bonds. The Balaban J connectivity index is 1.21. The Kier molecular flexibility index (Phi) is 7.53. The standard InChI is InChI=1S/C63H55BN2O2/c1-60(2,3)34-20-24-37(25-21-34)66-49-31-41-38-26-22-36(62(7,8)9)29-45(38)63(10,11)46(41)30-44(49)54-55-40-17-13-15-19-52(40)68-59(55)56-43-28-35(61(4,5)6)23-27-48(43)65-50-32-42-39-16-12-14-18-51(39)67-53(42)33-47(50)64(66)57(54)58(56)65/h12-33H,1-11H3. The van der Waals surface area contributed by atoms with Gasteiger partial charge in [0.05, 0.1) is 16.4 Å². The molecular formula is C63H55BN2O2. The van der Waals surface area contributed by atoms with E-state index < -0.39 is 0 Å². The van der Waals surface area contributed by atoms with Gasteiger partial charge in [0.15, 0.2) is 0 Å². The largest absolute Gasteiger partial charge is 0.456 e. The molecule has 0 spiro atoms. The van der Waals surface area contributed by atoms with Crippen LogP contribution in [0.4, 0.5) is 11.4 Å². The zero-order valence-electron chi connectivity index (χ0n) is 41.0. The smallest absolute Gasteiger partial charge is 0.333 e. The van der Waals surface area contributed by atoms with Gasteiger partial charge in [-0.25, -0.2) is 0 Å². The number of benzene rings is 8. The van der Waals surface area contributed by atoms with Crippen molar-refractivity contribution in [3.05, 3.63) is 161 Å². The first-order valence-electron chi connectivity index (χ1n) is 24.5. The molecule has 11 aromatic rings. The molecule has 2 aliphatic heterocycles. The van der Waals surface area contributed by atoms with Crippen molar-refractivity contribution < 1.29 is 8.83 Å². The number of aromatic nitrogens is 1. The summed E-state index contributed by atoms with van der Waals surface area (Å²) in [7, 11) is 0. The van der Waals surface area contributed by atoms with Crippen molar-refractivity contribution in [1.82, 2.24) is 4.57 Å². The summed E-state index contributed by atoms with van der Waals surface area (Å²) in [5.41, 5.74) is 23.8. The third-order valence-corrected chi connectivity index (χ3v) is 16.2. The number of rotatable bonds is 1. The fraction of sp³-hybridized carbons (Fsp3) is 0.238. The first-order chi connectivity index (χ1) is 32.4. The van der Waals surface area contributed by atoms with Gasteiger partial charge in [-0.15, -0.1) is 0 Å². The van der Waals surface area contributed by atoms with Crippen LogP contribution in [0.5, 0.6) is 0 Å². The molecule has 68 heavy (non-hydrogen) atoms. The number of anilines is 2. The number of hydrogen-bond donors (Lipinski definition) is 0. The van der Waals surface area contributed by atoms with E-state index in [0.29, 0.717) is 0 Å². The van der Waals surface area contributed by atoms with Gasteiger partial charge in [0.2, 0.25) is 0 Å². The Morgan fingerprint density at radius 2 is 1.12 bits per heavy atom. The minimum atomic E-state index is -0.229. The van der Waals surface area contributed by atoms with E-state index in [2.05, 4.69) is 219 Å². The lowest BCUT2D eigenvalue weighted by Crippen LogP contribution is -2.60. The van der Waals surface area contributed by atoms with E-state index in [4.69, 9.17) is 8.83 Å². The van der Waals surface area contributed by atoms with E-state index in [1.54, 1.807) is 0 Å². The second-order valence-electron chi connectivity index (χ2n) is 23.8. The van der Waals surface area contributed by atoms with Crippen LogP contribution >= 0.6 is 0 Å². The van der Waals surface area contributed by atoms with Gasteiger partial charge in [-0.2, -0.15) is 0 Å². The number of para-hydroxylation sites is 2. The first kappa shape index (κ1) is 40.1. The molecule has 4 nitrogen and oxygen atoms in total. The topological polar surface area (TPSA) is 34.5 Å². The number of furan rings is 2. The van der Waals surface area contributed by atoms with Crippen LogP contribution in [-0.4, -0.2) is 11.4 Å². The number of nitrogens with zero attached hydrogens (tertiary/aromatic N) is 2. The molecule has 0 radical (unpaired) electrons. The summed E-state index contributed by atoms with van der Waals surface area (Å²) < 4.78 is 16.7. The Labute approximate surface area is 398 Å². The van der Waals surface area contributed by atoms with Gasteiger partial charge in [0, 0.05) is 55.0 Å². The van der Waals surface area contributed by atoms with E-state index in [9.17, 15) is 0 Å². The van der Waals surface area contributed by atoms with Crippen molar-refractivity contribution in [3.63, 3.8) is 0 Å². The van der Waals surface area contributed by atoms with E-state index in [1.807, 2.05) is 0 Å². The van der Waals surface area contributed by atoms with E-state index in [0.717, 1.165) is 44.2 Å². The second kappa shape index (κ2) is 12.8. The van der Waals surface area contributed by atoms with Gasteiger partial charge in [-0.05, 0) is 132 Å². The minimum Gasteiger partial charge on any atom is -0.456 e. The number of fused-ring (bicyclic) bond motifs is 19. The number of hydrogen-bond acceptors (Lipinski definition) is 3. The fourth-order valence-electron chi connectivity index (χ4n) is 12.6. The average Bonchev–Trinajstić information content (AvgIpc) is 4.03. The normalized spacial score (nSPS) is 15.0. The van der Waals surface area contributed by atoms with Gasteiger partial charge < -0.3 is 18.2 Å². The lowest BCUT2D eigenvalue weighted by molar-refractivity contribution is 0.584. The molecule has 0 saturated carbocycles. The van der Waals surface area contributed by atoms with Crippen LogP contribution in [-0.2, 0) is 21.7 Å². The van der Waals surface area contributed by atoms with E-state index in [-0.39, 0.29) is 28.5 Å². The molecule has 1 aliphatic carbocycles. The highest BCUT2D eigenvalue weighted by atomic mass is 16.3. The molecule has 5 heteroatoms. The van der Waals surface area contributed by atoms with Crippen LogP contribution in [0.25, 0.3) is 93.6 Å². The summed E-state index contributed by atoms with van der Waals surface area (Å²) in [6.07, 6.45) is 0. The molecule has 5 heterocycles. The maximum atomic E-state index is 7.30. The SMILES string of the molecule is CC(C)(C)c1ccc(N2B3c4cc5oc6ccccc6c5cc4-n4c5ccc(C(C)(C)C)cc5c5c6oc7ccccc7c6c(c3c54)-c3cc4c(cc32)-c2ccc(C(C)(C)C)cc2C4(C)C)cc1.